The summed E-state index contributed by atoms with van der Waals surface area (Å²) >= 11 is 0. The number of Topliss-reactive ketones (excluding diaryl/α,β-unsaturated/α-hetero) is 1. The van der Waals surface area contributed by atoms with Gasteiger partial charge in [0.1, 0.15) is 5.82 Å². The predicted octanol–water partition coefficient (Wildman–Crippen LogP) is 2.82. The van der Waals surface area contributed by atoms with Crippen LogP contribution >= 0.6 is 0 Å². The minimum absolute atomic E-state index is 0.0300. The zero-order valence-electron chi connectivity index (χ0n) is 10.00. The first-order valence-corrected chi connectivity index (χ1v) is 5.31. The number of hydrogen-bond acceptors (Lipinski definition) is 3. The molecule has 0 fully saturated rings. The Kier molecular flexibility index (Phi) is 4.71. The molecule has 0 N–H and O–H groups in total. The molecule has 3 nitrogen and oxygen atoms in total. The summed E-state index contributed by atoms with van der Waals surface area (Å²) in [6.07, 6.45) is 0. The molecule has 0 aliphatic heterocycles. The highest BCUT2D eigenvalue weighted by Gasteiger charge is 2.19. The molecule has 1 rings (SSSR count). The number of hydrogen-bond donors (Lipinski definition) is 0. The third-order valence-electron chi connectivity index (χ3n) is 2.22. The molecule has 0 heterocycles. The standard InChI is InChI=1S/C13H12F2O3/c1-3-18-13(17)8(2)11(15)12(16)9-4-6-10(14)7-5-9/h4-7H,3H2,1-2H3/b11-8+. The lowest BCUT2D eigenvalue weighted by Gasteiger charge is -2.04. The zero-order valence-corrected chi connectivity index (χ0v) is 10.00. The molecule has 0 saturated carbocycles. The summed E-state index contributed by atoms with van der Waals surface area (Å²) in [6.45, 7) is 2.83. The maximum atomic E-state index is 13.7. The number of ether oxygens (including phenoxy) is 1. The lowest BCUT2D eigenvalue weighted by Crippen LogP contribution is -2.11. The van der Waals surface area contributed by atoms with Gasteiger partial charge in [0.2, 0.25) is 5.78 Å². The highest BCUT2D eigenvalue weighted by Crippen LogP contribution is 2.15. The number of rotatable bonds is 4. The van der Waals surface area contributed by atoms with Crippen LogP contribution in [-0.2, 0) is 9.53 Å². The third-order valence-corrected chi connectivity index (χ3v) is 2.22. The Morgan fingerprint density at radius 3 is 2.28 bits per heavy atom. The van der Waals surface area contributed by atoms with Crippen LogP contribution in [0.3, 0.4) is 0 Å². The summed E-state index contributed by atoms with van der Waals surface area (Å²) in [7, 11) is 0. The highest BCUT2D eigenvalue weighted by molar-refractivity contribution is 6.11. The maximum absolute atomic E-state index is 13.7. The average Bonchev–Trinajstić information content (AvgIpc) is 2.37. The predicted molar refractivity (Wildman–Crippen MR) is 61.2 cm³/mol. The van der Waals surface area contributed by atoms with Crippen LogP contribution in [0.15, 0.2) is 35.7 Å². The second-order valence-corrected chi connectivity index (χ2v) is 3.50. The van der Waals surface area contributed by atoms with Gasteiger partial charge in [-0.2, -0.15) is 0 Å². The quantitative estimate of drug-likeness (QED) is 0.471. The Morgan fingerprint density at radius 2 is 1.78 bits per heavy atom. The molecule has 0 aromatic heterocycles. The van der Waals surface area contributed by atoms with E-state index in [2.05, 4.69) is 4.74 Å². The summed E-state index contributed by atoms with van der Waals surface area (Å²) in [4.78, 5) is 22.9. The Morgan fingerprint density at radius 1 is 1.22 bits per heavy atom. The van der Waals surface area contributed by atoms with Crippen LogP contribution in [0.5, 0.6) is 0 Å². The topological polar surface area (TPSA) is 43.4 Å². The van der Waals surface area contributed by atoms with Crippen molar-refractivity contribution < 1.29 is 23.1 Å². The van der Waals surface area contributed by atoms with Crippen LogP contribution in [0, 0.1) is 5.82 Å². The van der Waals surface area contributed by atoms with Gasteiger partial charge in [0.05, 0.1) is 12.2 Å². The van der Waals surface area contributed by atoms with Crippen LogP contribution in [0.25, 0.3) is 0 Å². The van der Waals surface area contributed by atoms with Gasteiger partial charge in [-0.1, -0.05) is 0 Å². The fourth-order valence-electron chi connectivity index (χ4n) is 1.23. The molecule has 0 aliphatic rings. The number of ketones is 1. The molecule has 18 heavy (non-hydrogen) atoms. The fraction of sp³-hybridized carbons (Fsp3) is 0.231. The van der Waals surface area contributed by atoms with Gasteiger partial charge in [0, 0.05) is 5.56 Å². The van der Waals surface area contributed by atoms with E-state index < -0.39 is 29.0 Å². The molecule has 5 heteroatoms. The van der Waals surface area contributed by atoms with E-state index in [1.807, 2.05) is 0 Å². The second kappa shape index (κ2) is 6.05. The van der Waals surface area contributed by atoms with Gasteiger partial charge in [-0.3, -0.25) is 4.79 Å². The molecule has 1 aromatic carbocycles. The van der Waals surface area contributed by atoms with Crippen LogP contribution < -0.4 is 0 Å². The van der Waals surface area contributed by atoms with E-state index in [9.17, 15) is 18.4 Å². The summed E-state index contributed by atoms with van der Waals surface area (Å²) in [5.41, 5.74) is -0.427. The molecule has 0 radical (unpaired) electrons. The molecule has 1 aromatic rings. The Balaban J connectivity index is 2.99. The van der Waals surface area contributed by atoms with Crippen molar-refractivity contribution in [2.24, 2.45) is 0 Å². The Bertz CT molecular complexity index is 489. The first kappa shape index (κ1) is 14.0. The largest absolute Gasteiger partial charge is 0.463 e. The molecule has 0 bridgehead atoms. The van der Waals surface area contributed by atoms with Crippen LogP contribution in [-0.4, -0.2) is 18.4 Å². The molecule has 0 saturated heterocycles. The normalized spacial score (nSPS) is 11.8. The van der Waals surface area contributed by atoms with Gasteiger partial charge < -0.3 is 4.74 Å². The Labute approximate surface area is 103 Å². The summed E-state index contributed by atoms with van der Waals surface area (Å²) in [5.74, 6) is -3.58. The number of allylic oxidation sites excluding steroid dienone is 1. The Hall–Kier alpha value is -2.04. The van der Waals surface area contributed by atoms with E-state index in [1.54, 1.807) is 6.92 Å². The van der Waals surface area contributed by atoms with E-state index in [0.717, 1.165) is 31.2 Å². The number of carbonyl (C=O) groups excluding carboxylic acids is 2. The van der Waals surface area contributed by atoms with E-state index >= 15 is 0 Å². The van der Waals surface area contributed by atoms with Crippen molar-refractivity contribution >= 4 is 11.8 Å². The summed E-state index contributed by atoms with van der Waals surface area (Å²) in [6, 6.07) is 4.38. The maximum Gasteiger partial charge on any atom is 0.336 e. The molecule has 0 unspecified atom stereocenters. The average molecular weight is 254 g/mol. The van der Waals surface area contributed by atoms with Gasteiger partial charge in [0.15, 0.2) is 5.83 Å². The lowest BCUT2D eigenvalue weighted by molar-refractivity contribution is -0.138. The number of benzene rings is 1. The zero-order chi connectivity index (χ0) is 13.7. The van der Waals surface area contributed by atoms with Crippen LogP contribution in [0.1, 0.15) is 24.2 Å². The number of esters is 1. The second-order valence-electron chi connectivity index (χ2n) is 3.50. The smallest absolute Gasteiger partial charge is 0.336 e. The fourth-order valence-corrected chi connectivity index (χ4v) is 1.23. The van der Waals surface area contributed by atoms with E-state index in [-0.39, 0.29) is 12.2 Å². The minimum atomic E-state index is -1.19. The van der Waals surface area contributed by atoms with Crippen molar-refractivity contribution in [3.8, 4) is 0 Å². The number of carbonyl (C=O) groups is 2. The van der Waals surface area contributed by atoms with Crippen molar-refractivity contribution in [1.82, 2.24) is 0 Å². The van der Waals surface area contributed by atoms with Gasteiger partial charge in [0.25, 0.3) is 0 Å². The first-order valence-electron chi connectivity index (χ1n) is 5.31. The molecule has 96 valence electrons. The van der Waals surface area contributed by atoms with Gasteiger partial charge in [-0.25, -0.2) is 13.6 Å². The van der Waals surface area contributed by atoms with Crippen LogP contribution in [0.2, 0.25) is 0 Å². The molecule has 0 aliphatic carbocycles. The highest BCUT2D eigenvalue weighted by atomic mass is 19.1. The van der Waals surface area contributed by atoms with Crippen molar-refractivity contribution in [2.75, 3.05) is 6.61 Å². The first-order chi connectivity index (χ1) is 8.47. The lowest BCUT2D eigenvalue weighted by atomic mass is 10.1. The molecule has 0 atom stereocenters. The minimum Gasteiger partial charge on any atom is -0.463 e. The summed E-state index contributed by atoms with van der Waals surface area (Å²) < 4.78 is 30.9. The molecular formula is C13H12F2O3. The van der Waals surface area contributed by atoms with Gasteiger partial charge in [-0.15, -0.1) is 0 Å². The van der Waals surface area contributed by atoms with Gasteiger partial charge >= 0.3 is 5.97 Å². The number of halogens is 2. The van der Waals surface area contributed by atoms with Crippen LogP contribution in [0.4, 0.5) is 8.78 Å². The molecular weight excluding hydrogens is 242 g/mol. The van der Waals surface area contributed by atoms with Gasteiger partial charge in [-0.05, 0) is 38.1 Å². The van der Waals surface area contributed by atoms with Crippen molar-refractivity contribution in [3.05, 3.63) is 47.0 Å². The van der Waals surface area contributed by atoms with Crippen molar-refractivity contribution in [2.45, 2.75) is 13.8 Å². The molecule has 0 spiro atoms. The van der Waals surface area contributed by atoms with E-state index in [4.69, 9.17) is 0 Å². The monoisotopic (exact) mass is 254 g/mol. The van der Waals surface area contributed by atoms with E-state index in [1.165, 1.54) is 0 Å². The van der Waals surface area contributed by atoms with E-state index in [0.29, 0.717) is 0 Å². The third kappa shape index (κ3) is 3.23. The summed E-state index contributed by atoms with van der Waals surface area (Å²) in [5, 5.41) is 0. The molecule has 0 amide bonds. The SMILES string of the molecule is CCOC(=O)/C(C)=C(/F)C(=O)c1ccc(F)cc1. The van der Waals surface area contributed by atoms with Crippen molar-refractivity contribution in [1.29, 1.82) is 0 Å². The van der Waals surface area contributed by atoms with Crippen molar-refractivity contribution in [3.63, 3.8) is 0 Å².